The molecule has 0 saturated carbocycles. The lowest BCUT2D eigenvalue weighted by molar-refractivity contribution is 0.217. The van der Waals surface area contributed by atoms with Gasteiger partial charge < -0.3 is 9.80 Å². The van der Waals surface area contributed by atoms with Crippen molar-refractivity contribution < 1.29 is 4.39 Å². The summed E-state index contributed by atoms with van der Waals surface area (Å²) in [5.74, 6) is 0. The highest BCUT2D eigenvalue weighted by Gasteiger charge is 2.24. The van der Waals surface area contributed by atoms with Crippen molar-refractivity contribution in [3.05, 3.63) is 48.0 Å². The van der Waals surface area contributed by atoms with E-state index < -0.39 is 6.17 Å². The SMILES string of the molecule is C=C(CN(C(=C)CC(F)CCC)C1=CCC(Cl)C=C1C)N1CCC1. The summed E-state index contributed by atoms with van der Waals surface area (Å²) in [6, 6.07) is 0. The van der Waals surface area contributed by atoms with Gasteiger partial charge in [-0.25, -0.2) is 4.39 Å². The van der Waals surface area contributed by atoms with Crippen LogP contribution in [0, 0.1) is 0 Å². The maximum atomic E-state index is 14.1. The first-order valence-electron chi connectivity index (χ1n) is 8.97. The van der Waals surface area contributed by atoms with Crippen molar-refractivity contribution in [2.24, 2.45) is 0 Å². The number of alkyl halides is 2. The molecule has 0 aromatic rings. The van der Waals surface area contributed by atoms with Crippen LogP contribution in [0.15, 0.2) is 48.0 Å². The maximum absolute atomic E-state index is 14.1. The molecule has 0 amide bonds. The average Bonchev–Trinajstić information content (AvgIpc) is 2.43. The molecule has 0 aromatic heterocycles. The summed E-state index contributed by atoms with van der Waals surface area (Å²) in [6.45, 7) is 15.3. The van der Waals surface area contributed by atoms with E-state index >= 15 is 0 Å². The van der Waals surface area contributed by atoms with E-state index in [-0.39, 0.29) is 5.38 Å². The van der Waals surface area contributed by atoms with Crippen LogP contribution in [-0.2, 0) is 0 Å². The number of rotatable bonds is 9. The molecule has 24 heavy (non-hydrogen) atoms. The standard InChI is InChI=1S/C20H30ClFN2/c1-5-7-19(22)13-16(3)24(14-17(4)23-10-6-11-23)20-9-8-18(21)12-15(20)2/h9,12,18-19H,3-8,10-11,13-14H2,1-2H3. The van der Waals surface area contributed by atoms with E-state index in [1.54, 1.807) is 0 Å². The number of likely N-dealkylation sites (tertiary alicyclic amines) is 1. The molecule has 2 aliphatic rings. The molecule has 0 spiro atoms. The van der Waals surface area contributed by atoms with Gasteiger partial charge in [0.25, 0.3) is 0 Å². The van der Waals surface area contributed by atoms with Crippen LogP contribution in [0.1, 0.15) is 46.0 Å². The van der Waals surface area contributed by atoms with Gasteiger partial charge in [0.2, 0.25) is 0 Å². The van der Waals surface area contributed by atoms with Crippen LogP contribution >= 0.6 is 11.6 Å². The molecule has 0 radical (unpaired) electrons. The Hall–Kier alpha value is -1.22. The molecule has 2 nitrogen and oxygen atoms in total. The van der Waals surface area contributed by atoms with Crippen LogP contribution in [0.3, 0.4) is 0 Å². The third kappa shape index (κ3) is 4.89. The lowest BCUT2D eigenvalue weighted by Gasteiger charge is -2.39. The van der Waals surface area contributed by atoms with Crippen LogP contribution in [0.5, 0.6) is 0 Å². The molecule has 1 aliphatic heterocycles. The molecule has 2 unspecified atom stereocenters. The van der Waals surface area contributed by atoms with Gasteiger partial charge in [0, 0.05) is 36.6 Å². The van der Waals surface area contributed by atoms with Crippen molar-refractivity contribution in [2.75, 3.05) is 19.6 Å². The minimum Gasteiger partial charge on any atom is -0.374 e. The molecule has 2 rings (SSSR count). The van der Waals surface area contributed by atoms with Crippen LogP contribution in [0.4, 0.5) is 4.39 Å². The predicted molar refractivity (Wildman–Crippen MR) is 102 cm³/mol. The van der Waals surface area contributed by atoms with Crippen molar-refractivity contribution >= 4 is 11.6 Å². The van der Waals surface area contributed by atoms with Crippen LogP contribution in [-0.4, -0.2) is 41.0 Å². The van der Waals surface area contributed by atoms with Gasteiger partial charge >= 0.3 is 0 Å². The van der Waals surface area contributed by atoms with Crippen molar-refractivity contribution in [1.29, 1.82) is 0 Å². The minimum atomic E-state index is -0.837. The third-order valence-electron chi connectivity index (χ3n) is 4.75. The minimum absolute atomic E-state index is 0.0384. The second-order valence-electron chi connectivity index (χ2n) is 6.84. The lowest BCUT2D eigenvalue weighted by atomic mass is 10.0. The fraction of sp³-hybridized carbons (Fsp3) is 0.600. The zero-order valence-electron chi connectivity index (χ0n) is 15.0. The maximum Gasteiger partial charge on any atom is 0.106 e. The Bertz CT molecular complexity index is 534. The van der Waals surface area contributed by atoms with Gasteiger partial charge in [-0.05, 0) is 31.8 Å². The second kappa shape index (κ2) is 8.75. The molecule has 134 valence electrons. The molecule has 4 heteroatoms. The van der Waals surface area contributed by atoms with E-state index in [9.17, 15) is 4.39 Å². The molecule has 0 N–H and O–H groups in total. The first kappa shape index (κ1) is 19.1. The summed E-state index contributed by atoms with van der Waals surface area (Å²) >= 11 is 6.23. The molecule has 1 fully saturated rings. The Labute approximate surface area is 151 Å². The van der Waals surface area contributed by atoms with E-state index in [2.05, 4.69) is 42.0 Å². The van der Waals surface area contributed by atoms with Crippen molar-refractivity contribution in [2.45, 2.75) is 57.5 Å². The largest absolute Gasteiger partial charge is 0.374 e. The van der Waals surface area contributed by atoms with E-state index in [0.717, 1.165) is 48.6 Å². The molecule has 1 saturated heterocycles. The van der Waals surface area contributed by atoms with Crippen LogP contribution < -0.4 is 0 Å². The van der Waals surface area contributed by atoms with Crippen molar-refractivity contribution in [3.63, 3.8) is 0 Å². The molecule has 2 atom stereocenters. The normalized spacial score (nSPS) is 21.5. The highest BCUT2D eigenvalue weighted by Crippen LogP contribution is 2.30. The Morgan fingerprint density at radius 3 is 2.71 bits per heavy atom. The first-order valence-corrected chi connectivity index (χ1v) is 9.41. The lowest BCUT2D eigenvalue weighted by Crippen LogP contribution is -2.40. The summed E-state index contributed by atoms with van der Waals surface area (Å²) in [5, 5.41) is 0.0384. The Morgan fingerprint density at radius 1 is 1.46 bits per heavy atom. The van der Waals surface area contributed by atoms with Gasteiger partial charge in [-0.2, -0.15) is 0 Å². The Morgan fingerprint density at radius 2 is 2.17 bits per heavy atom. The van der Waals surface area contributed by atoms with Gasteiger partial charge in [-0.3, -0.25) is 0 Å². The van der Waals surface area contributed by atoms with Crippen molar-refractivity contribution in [1.82, 2.24) is 9.80 Å². The number of allylic oxidation sites excluding steroid dienone is 4. The highest BCUT2D eigenvalue weighted by molar-refractivity contribution is 6.22. The van der Waals surface area contributed by atoms with E-state index in [1.807, 2.05) is 6.92 Å². The smallest absolute Gasteiger partial charge is 0.106 e. The number of halogens is 2. The fourth-order valence-corrected chi connectivity index (χ4v) is 3.47. The molecular weight excluding hydrogens is 323 g/mol. The summed E-state index contributed by atoms with van der Waals surface area (Å²) in [6.07, 6.45) is 7.20. The average molecular weight is 353 g/mol. The van der Waals surface area contributed by atoms with Crippen molar-refractivity contribution in [3.8, 4) is 0 Å². The quantitative estimate of drug-likeness (QED) is 0.513. The number of hydrogen-bond donors (Lipinski definition) is 0. The van der Waals surface area contributed by atoms with Gasteiger partial charge in [-0.15, -0.1) is 11.6 Å². The monoisotopic (exact) mass is 352 g/mol. The molecule has 0 aromatic carbocycles. The predicted octanol–water partition coefficient (Wildman–Crippen LogP) is 5.39. The summed E-state index contributed by atoms with van der Waals surface area (Å²) in [7, 11) is 0. The van der Waals surface area contributed by atoms with Crippen LogP contribution in [0.2, 0.25) is 0 Å². The summed E-state index contributed by atoms with van der Waals surface area (Å²) < 4.78 is 14.1. The second-order valence-corrected chi connectivity index (χ2v) is 7.40. The zero-order valence-corrected chi connectivity index (χ0v) is 15.8. The van der Waals surface area contributed by atoms with E-state index in [4.69, 9.17) is 11.6 Å². The first-order chi connectivity index (χ1) is 11.4. The number of hydrogen-bond acceptors (Lipinski definition) is 2. The molecule has 0 bridgehead atoms. The van der Waals surface area contributed by atoms with Gasteiger partial charge in [0.05, 0.1) is 11.9 Å². The topological polar surface area (TPSA) is 6.48 Å². The fourth-order valence-electron chi connectivity index (χ4n) is 3.20. The summed E-state index contributed by atoms with van der Waals surface area (Å²) in [4.78, 5) is 4.42. The van der Waals surface area contributed by atoms with E-state index in [0.29, 0.717) is 19.4 Å². The molecule has 1 aliphatic carbocycles. The summed E-state index contributed by atoms with van der Waals surface area (Å²) in [5.41, 5.74) is 4.13. The molecule has 1 heterocycles. The van der Waals surface area contributed by atoms with Crippen LogP contribution in [0.25, 0.3) is 0 Å². The molecular formula is C20H30ClFN2. The Balaban J connectivity index is 2.13. The van der Waals surface area contributed by atoms with Gasteiger partial charge in [-0.1, -0.05) is 38.7 Å². The zero-order chi connectivity index (χ0) is 17.7. The Kier molecular flexibility index (Phi) is 6.97. The van der Waals surface area contributed by atoms with Gasteiger partial charge in [0.15, 0.2) is 0 Å². The van der Waals surface area contributed by atoms with Gasteiger partial charge in [0.1, 0.15) is 6.17 Å². The number of nitrogens with zero attached hydrogens (tertiary/aromatic N) is 2. The van der Waals surface area contributed by atoms with E-state index in [1.165, 1.54) is 6.42 Å². The highest BCUT2D eigenvalue weighted by atomic mass is 35.5. The third-order valence-corrected chi connectivity index (χ3v) is 5.05.